The van der Waals surface area contributed by atoms with Gasteiger partial charge in [0.1, 0.15) is 0 Å². The monoisotopic (exact) mass is 258 g/mol. The molecule has 17 heavy (non-hydrogen) atoms. The summed E-state index contributed by atoms with van der Waals surface area (Å²) in [5.41, 5.74) is 0.709. The first kappa shape index (κ1) is 14.1. The molecule has 6 heteroatoms. The van der Waals surface area contributed by atoms with Crippen LogP contribution in [-0.4, -0.2) is 45.7 Å². The first-order valence-electron chi connectivity index (χ1n) is 5.36. The third-order valence-electron chi connectivity index (χ3n) is 2.27. The highest BCUT2D eigenvalue weighted by atomic mass is 32.1. The molecule has 0 aliphatic rings. The van der Waals surface area contributed by atoms with Crippen molar-refractivity contribution in [3.63, 3.8) is 0 Å². The van der Waals surface area contributed by atoms with Gasteiger partial charge in [0.2, 0.25) is 0 Å². The lowest BCUT2D eigenvalue weighted by Crippen LogP contribution is -2.19. The van der Waals surface area contributed by atoms with Gasteiger partial charge in [0.05, 0.1) is 17.2 Å². The Kier molecular flexibility index (Phi) is 6.10. The molecule has 0 aliphatic heterocycles. The summed E-state index contributed by atoms with van der Waals surface area (Å²) in [4.78, 5) is 17.9. The van der Waals surface area contributed by atoms with Gasteiger partial charge in [-0.05, 0) is 6.42 Å². The Morgan fingerprint density at radius 2 is 2.18 bits per heavy atom. The molecule has 0 amide bonds. The largest absolute Gasteiger partial charge is 0.385 e. The first-order valence-corrected chi connectivity index (χ1v) is 6.18. The van der Waals surface area contributed by atoms with Crippen LogP contribution in [0, 0.1) is 0 Å². The van der Waals surface area contributed by atoms with Gasteiger partial charge >= 0.3 is 0 Å². The van der Waals surface area contributed by atoms with Gasteiger partial charge in [-0.2, -0.15) is 0 Å². The quantitative estimate of drug-likeness (QED) is 0.523. The molecule has 0 spiro atoms. The predicted octanol–water partition coefficient (Wildman–Crippen LogP) is 1.57. The molecule has 0 saturated carbocycles. The number of ether oxygens (including phenoxy) is 2. The van der Waals surface area contributed by atoms with Gasteiger partial charge in [0, 0.05) is 34.4 Å². The second kappa shape index (κ2) is 7.37. The number of anilines is 1. The molecule has 0 N–H and O–H groups in total. The zero-order valence-corrected chi connectivity index (χ0v) is 11.2. The fraction of sp³-hybridized carbons (Fsp3) is 0.636. The summed E-state index contributed by atoms with van der Waals surface area (Å²) in [6.07, 6.45) is 1.77. The van der Waals surface area contributed by atoms with Gasteiger partial charge in [-0.15, -0.1) is 0 Å². The summed E-state index contributed by atoms with van der Waals surface area (Å²) in [5, 5.41) is 0.843. The Morgan fingerprint density at radius 3 is 2.76 bits per heavy atom. The van der Waals surface area contributed by atoms with Crippen molar-refractivity contribution in [3.8, 4) is 0 Å². The fourth-order valence-corrected chi connectivity index (χ4v) is 2.26. The minimum Gasteiger partial charge on any atom is -0.385 e. The minimum absolute atomic E-state index is 0.372. The van der Waals surface area contributed by atoms with E-state index in [1.165, 1.54) is 11.3 Å². The second-order valence-electron chi connectivity index (χ2n) is 3.63. The maximum atomic E-state index is 10.9. The molecular weight excluding hydrogens is 240 g/mol. The summed E-state index contributed by atoms with van der Waals surface area (Å²) in [5.74, 6) is 0. The van der Waals surface area contributed by atoms with E-state index in [-0.39, 0.29) is 0 Å². The van der Waals surface area contributed by atoms with E-state index in [1.807, 2.05) is 11.9 Å². The Labute approximate surface area is 105 Å². The molecular formula is C11H18N2O3S. The third kappa shape index (κ3) is 4.07. The van der Waals surface area contributed by atoms with E-state index in [0.29, 0.717) is 17.2 Å². The van der Waals surface area contributed by atoms with Crippen molar-refractivity contribution in [2.75, 3.05) is 39.3 Å². The van der Waals surface area contributed by atoms with Gasteiger partial charge in [-0.3, -0.25) is 4.79 Å². The molecule has 1 rings (SSSR count). The number of aromatic nitrogens is 1. The van der Waals surface area contributed by atoms with Crippen LogP contribution in [0.25, 0.3) is 0 Å². The molecule has 0 fully saturated rings. The molecule has 0 radical (unpaired) electrons. The number of rotatable bonds is 8. The Hall–Kier alpha value is -0.980. The molecule has 0 saturated heterocycles. The smallest absolute Gasteiger partial charge is 0.186 e. The summed E-state index contributed by atoms with van der Waals surface area (Å²) in [7, 11) is 5.24. The molecule has 1 aromatic rings. The van der Waals surface area contributed by atoms with E-state index in [1.54, 1.807) is 14.2 Å². The van der Waals surface area contributed by atoms with Crippen molar-refractivity contribution in [2.24, 2.45) is 0 Å². The predicted molar refractivity (Wildman–Crippen MR) is 68.0 cm³/mol. The molecule has 96 valence electrons. The summed E-state index contributed by atoms with van der Waals surface area (Å²) < 4.78 is 10.0. The van der Waals surface area contributed by atoms with Crippen LogP contribution in [0.4, 0.5) is 5.13 Å². The number of carbonyl (C=O) groups is 1. The topological polar surface area (TPSA) is 51.7 Å². The maximum Gasteiger partial charge on any atom is 0.186 e. The third-order valence-corrected chi connectivity index (χ3v) is 3.41. The Balaban J connectivity index is 2.66. The van der Waals surface area contributed by atoms with Gasteiger partial charge in [-0.1, -0.05) is 11.3 Å². The number of nitrogens with zero attached hydrogens (tertiary/aromatic N) is 2. The molecule has 0 atom stereocenters. The molecule has 0 aliphatic carbocycles. The minimum atomic E-state index is 0.372. The van der Waals surface area contributed by atoms with Gasteiger partial charge < -0.3 is 14.4 Å². The number of hydrogen-bond donors (Lipinski definition) is 0. The Bertz CT molecular complexity index is 354. The summed E-state index contributed by atoms with van der Waals surface area (Å²) in [6, 6.07) is 0. The summed E-state index contributed by atoms with van der Waals surface area (Å²) in [6.45, 7) is 1.95. The van der Waals surface area contributed by atoms with Crippen molar-refractivity contribution in [1.82, 2.24) is 4.98 Å². The molecule has 1 heterocycles. The average Bonchev–Trinajstić information content (AvgIpc) is 2.73. The number of thiazole rings is 1. The van der Waals surface area contributed by atoms with Crippen LogP contribution < -0.4 is 4.90 Å². The van der Waals surface area contributed by atoms with Crippen molar-refractivity contribution in [2.45, 2.75) is 13.0 Å². The molecule has 1 aromatic heterocycles. The molecule has 0 bridgehead atoms. The SMILES string of the molecule is COCCCN(C)c1nc(COC)c(C=O)s1. The number of hydrogen-bond acceptors (Lipinski definition) is 6. The first-order chi connectivity index (χ1) is 8.22. The normalized spacial score (nSPS) is 10.5. The van der Waals surface area contributed by atoms with Crippen LogP contribution in [0.1, 0.15) is 21.8 Å². The van der Waals surface area contributed by atoms with Crippen molar-refractivity contribution < 1.29 is 14.3 Å². The lowest BCUT2D eigenvalue weighted by Gasteiger charge is -2.14. The molecule has 5 nitrogen and oxygen atoms in total. The highest BCUT2D eigenvalue weighted by Crippen LogP contribution is 2.24. The Morgan fingerprint density at radius 1 is 1.41 bits per heavy atom. The molecule has 0 aromatic carbocycles. The zero-order chi connectivity index (χ0) is 12.7. The standard InChI is InChI=1S/C11H18N2O3S/c1-13(5-4-6-15-2)11-12-9(8-16-3)10(7-14)17-11/h7H,4-6,8H2,1-3H3. The van der Waals surface area contributed by atoms with Crippen LogP contribution in [0.5, 0.6) is 0 Å². The number of methoxy groups -OCH3 is 2. The average molecular weight is 258 g/mol. The highest BCUT2D eigenvalue weighted by molar-refractivity contribution is 7.17. The van der Waals surface area contributed by atoms with Gasteiger partial charge in [-0.25, -0.2) is 4.98 Å². The van der Waals surface area contributed by atoms with E-state index >= 15 is 0 Å². The number of aldehydes is 1. The van der Waals surface area contributed by atoms with E-state index in [2.05, 4.69) is 4.98 Å². The van der Waals surface area contributed by atoms with Gasteiger partial charge in [0.15, 0.2) is 11.4 Å². The van der Waals surface area contributed by atoms with Crippen LogP contribution in [0.2, 0.25) is 0 Å². The summed E-state index contributed by atoms with van der Waals surface area (Å²) >= 11 is 1.39. The lowest BCUT2D eigenvalue weighted by molar-refractivity contribution is 0.112. The van der Waals surface area contributed by atoms with Crippen molar-refractivity contribution in [1.29, 1.82) is 0 Å². The fourth-order valence-electron chi connectivity index (χ4n) is 1.39. The lowest BCUT2D eigenvalue weighted by atomic mass is 10.4. The van der Waals surface area contributed by atoms with E-state index < -0.39 is 0 Å². The zero-order valence-electron chi connectivity index (χ0n) is 10.4. The van der Waals surface area contributed by atoms with Gasteiger partial charge in [0.25, 0.3) is 0 Å². The number of carbonyl (C=O) groups excluding carboxylic acids is 1. The van der Waals surface area contributed by atoms with Crippen LogP contribution in [0.3, 0.4) is 0 Å². The van der Waals surface area contributed by atoms with E-state index in [0.717, 1.165) is 31.0 Å². The van der Waals surface area contributed by atoms with Crippen molar-refractivity contribution in [3.05, 3.63) is 10.6 Å². The molecule has 0 unspecified atom stereocenters. The van der Waals surface area contributed by atoms with Crippen LogP contribution >= 0.6 is 11.3 Å². The van der Waals surface area contributed by atoms with Crippen LogP contribution in [0.15, 0.2) is 0 Å². The second-order valence-corrected chi connectivity index (χ2v) is 4.64. The highest BCUT2D eigenvalue weighted by Gasteiger charge is 2.13. The maximum absolute atomic E-state index is 10.9. The van der Waals surface area contributed by atoms with Crippen molar-refractivity contribution >= 4 is 22.8 Å². The van der Waals surface area contributed by atoms with E-state index in [4.69, 9.17) is 9.47 Å². The van der Waals surface area contributed by atoms with Crippen LogP contribution in [-0.2, 0) is 16.1 Å². The van der Waals surface area contributed by atoms with E-state index in [9.17, 15) is 4.79 Å².